The van der Waals surface area contributed by atoms with Crippen LogP contribution in [-0.4, -0.2) is 63.4 Å². The number of halogens is 1. The number of amides is 1. The number of nitrogens with zero attached hydrogens (tertiary/aromatic N) is 4. The predicted octanol–water partition coefficient (Wildman–Crippen LogP) is 4.47. The van der Waals surface area contributed by atoms with Crippen LogP contribution < -0.4 is 4.74 Å². The molecule has 2 aromatic heterocycles. The summed E-state index contributed by atoms with van der Waals surface area (Å²) in [4.78, 5) is 23.2. The van der Waals surface area contributed by atoms with Crippen LogP contribution in [0.5, 0.6) is 6.01 Å². The zero-order valence-corrected chi connectivity index (χ0v) is 19.9. The van der Waals surface area contributed by atoms with Crippen LogP contribution in [0, 0.1) is 0 Å². The maximum absolute atomic E-state index is 12.1. The van der Waals surface area contributed by atoms with Crippen molar-refractivity contribution in [2.75, 3.05) is 26.3 Å². The molecule has 0 spiro atoms. The van der Waals surface area contributed by atoms with E-state index in [-0.39, 0.29) is 17.9 Å². The largest absolute Gasteiger partial charge is 0.458 e. The van der Waals surface area contributed by atoms with E-state index in [0.717, 1.165) is 60.6 Å². The van der Waals surface area contributed by atoms with Gasteiger partial charge in [0.1, 0.15) is 11.8 Å². The number of hydrogen-bond donors (Lipinski definition) is 1. The molecule has 0 radical (unpaired) electrons. The first-order chi connectivity index (χ1) is 16.6. The molecular formula is C25H28ClN5O3. The number of nitrogens with one attached hydrogen (secondary N) is 1. The van der Waals surface area contributed by atoms with Crippen molar-refractivity contribution in [2.45, 2.75) is 44.6 Å². The van der Waals surface area contributed by atoms with Gasteiger partial charge in [-0.2, -0.15) is 10.1 Å². The summed E-state index contributed by atoms with van der Waals surface area (Å²) >= 11 is 6.13. The molecule has 4 heterocycles. The number of hydrogen-bond acceptors (Lipinski definition) is 6. The highest BCUT2D eigenvalue weighted by atomic mass is 35.5. The lowest BCUT2D eigenvalue weighted by Gasteiger charge is -2.31. The van der Waals surface area contributed by atoms with E-state index < -0.39 is 0 Å². The maximum atomic E-state index is 12.1. The molecule has 2 fully saturated rings. The molecule has 1 N–H and O–H groups in total. The zero-order valence-electron chi connectivity index (χ0n) is 19.2. The summed E-state index contributed by atoms with van der Waals surface area (Å²) < 4.78 is 11.4. The van der Waals surface area contributed by atoms with Gasteiger partial charge in [-0.05, 0) is 31.0 Å². The Morgan fingerprint density at radius 2 is 2.00 bits per heavy atom. The van der Waals surface area contributed by atoms with E-state index in [1.165, 1.54) is 0 Å². The molecule has 2 aliphatic rings. The van der Waals surface area contributed by atoms with E-state index in [0.29, 0.717) is 30.7 Å². The van der Waals surface area contributed by atoms with Crippen LogP contribution in [0.3, 0.4) is 0 Å². The number of carbonyl (C=O) groups excluding carboxylic acids is 1. The highest BCUT2D eigenvalue weighted by molar-refractivity contribution is 6.30. The first-order valence-electron chi connectivity index (χ1n) is 11.8. The summed E-state index contributed by atoms with van der Waals surface area (Å²) in [7, 11) is 0. The molecule has 0 saturated carbocycles. The Kier molecular flexibility index (Phi) is 6.78. The van der Waals surface area contributed by atoms with Gasteiger partial charge in [0, 0.05) is 59.9 Å². The maximum Gasteiger partial charge on any atom is 0.317 e. The molecule has 5 rings (SSSR count). The minimum atomic E-state index is -0.0322. The Bertz CT molecular complexity index is 1140. The van der Waals surface area contributed by atoms with Crippen LogP contribution >= 0.6 is 11.6 Å². The van der Waals surface area contributed by atoms with Gasteiger partial charge in [0.2, 0.25) is 5.91 Å². The normalized spacial score (nSPS) is 18.9. The van der Waals surface area contributed by atoms with Crippen LogP contribution in [-0.2, 0) is 9.53 Å². The molecule has 0 aliphatic carbocycles. The fourth-order valence-corrected chi connectivity index (χ4v) is 4.79. The number of H-pyrrole nitrogens is 1. The summed E-state index contributed by atoms with van der Waals surface area (Å²) in [6.45, 7) is 4.63. The second-order valence-electron chi connectivity index (χ2n) is 8.70. The summed E-state index contributed by atoms with van der Waals surface area (Å²) in [6, 6.07) is 9.87. The lowest BCUT2D eigenvalue weighted by molar-refractivity contribution is -0.131. The number of ether oxygens (including phenoxy) is 2. The predicted molar refractivity (Wildman–Crippen MR) is 129 cm³/mol. The SMILES string of the molecule is CCC(=O)N1CCC(c2[nH]nc(-c3ccc(Cl)cc3)c2-c2ccnc(O[C@H]3CCOC3)n2)CC1. The second kappa shape index (κ2) is 10.1. The molecule has 178 valence electrons. The topological polar surface area (TPSA) is 93.2 Å². The Morgan fingerprint density at radius 1 is 1.21 bits per heavy atom. The van der Waals surface area contributed by atoms with E-state index in [2.05, 4.69) is 10.1 Å². The number of benzene rings is 1. The third kappa shape index (κ3) is 4.79. The van der Waals surface area contributed by atoms with Crippen molar-refractivity contribution in [3.05, 3.63) is 47.2 Å². The van der Waals surface area contributed by atoms with Gasteiger partial charge in [-0.3, -0.25) is 9.89 Å². The standard InChI is InChI=1S/C25H28ClN5O3/c1-2-21(32)31-12-8-17(9-13-31)24-22(23(29-30-24)16-3-5-18(26)6-4-16)20-7-11-27-25(28-20)34-19-10-14-33-15-19/h3-7,11,17,19H,2,8-10,12-15H2,1H3,(H,29,30)/t19-/m0/s1. The van der Waals surface area contributed by atoms with E-state index in [1.807, 2.05) is 42.2 Å². The van der Waals surface area contributed by atoms with Crippen molar-refractivity contribution in [3.8, 4) is 28.5 Å². The van der Waals surface area contributed by atoms with Gasteiger partial charge in [-0.1, -0.05) is 30.7 Å². The van der Waals surface area contributed by atoms with E-state index in [1.54, 1.807) is 6.20 Å². The first-order valence-corrected chi connectivity index (χ1v) is 12.2. The summed E-state index contributed by atoms with van der Waals surface area (Å²) in [6.07, 6.45) is 4.80. The Hall–Kier alpha value is -2.97. The number of piperidine rings is 1. The fourth-order valence-electron chi connectivity index (χ4n) is 4.66. The Labute approximate surface area is 203 Å². The molecule has 0 unspecified atom stereocenters. The average molecular weight is 482 g/mol. The highest BCUT2D eigenvalue weighted by Gasteiger charge is 2.29. The zero-order chi connectivity index (χ0) is 23.5. The Morgan fingerprint density at radius 3 is 2.71 bits per heavy atom. The number of carbonyl (C=O) groups is 1. The van der Waals surface area contributed by atoms with Crippen LogP contribution in [0.2, 0.25) is 5.02 Å². The minimum Gasteiger partial charge on any atom is -0.458 e. The van der Waals surface area contributed by atoms with Gasteiger partial charge in [-0.25, -0.2) is 4.98 Å². The lowest BCUT2D eigenvalue weighted by atomic mass is 9.88. The van der Waals surface area contributed by atoms with E-state index in [9.17, 15) is 4.79 Å². The van der Waals surface area contributed by atoms with Crippen molar-refractivity contribution in [3.63, 3.8) is 0 Å². The molecule has 9 heteroatoms. The van der Waals surface area contributed by atoms with Gasteiger partial charge in [-0.15, -0.1) is 0 Å². The minimum absolute atomic E-state index is 0.0322. The molecule has 1 amide bonds. The number of rotatable bonds is 6. The fraction of sp³-hybridized carbons (Fsp3) is 0.440. The van der Waals surface area contributed by atoms with E-state index in [4.69, 9.17) is 31.2 Å². The molecule has 1 aromatic carbocycles. The van der Waals surface area contributed by atoms with Gasteiger partial charge < -0.3 is 14.4 Å². The van der Waals surface area contributed by atoms with Crippen LogP contribution in [0.25, 0.3) is 22.5 Å². The monoisotopic (exact) mass is 481 g/mol. The first kappa shape index (κ1) is 22.8. The van der Waals surface area contributed by atoms with Crippen molar-refractivity contribution in [1.82, 2.24) is 25.1 Å². The van der Waals surface area contributed by atoms with Crippen LogP contribution in [0.1, 0.15) is 44.2 Å². The molecule has 2 saturated heterocycles. The number of aromatic amines is 1. The van der Waals surface area contributed by atoms with Crippen LogP contribution in [0.15, 0.2) is 36.5 Å². The quantitative estimate of drug-likeness (QED) is 0.558. The summed E-state index contributed by atoms with van der Waals surface area (Å²) in [5.41, 5.74) is 4.49. The third-order valence-electron chi connectivity index (χ3n) is 6.52. The van der Waals surface area contributed by atoms with Gasteiger partial charge in [0.05, 0.1) is 18.9 Å². The average Bonchev–Trinajstić information content (AvgIpc) is 3.54. The van der Waals surface area contributed by atoms with Gasteiger partial charge in [0.25, 0.3) is 0 Å². The van der Waals surface area contributed by atoms with Crippen molar-refractivity contribution >= 4 is 17.5 Å². The molecule has 2 aliphatic heterocycles. The van der Waals surface area contributed by atoms with Gasteiger partial charge >= 0.3 is 6.01 Å². The highest BCUT2D eigenvalue weighted by Crippen LogP contribution is 2.39. The van der Waals surface area contributed by atoms with Crippen molar-refractivity contribution in [2.24, 2.45) is 0 Å². The molecule has 3 aromatic rings. The second-order valence-corrected chi connectivity index (χ2v) is 9.14. The number of likely N-dealkylation sites (tertiary alicyclic amines) is 1. The van der Waals surface area contributed by atoms with Crippen molar-refractivity contribution in [1.29, 1.82) is 0 Å². The lowest BCUT2D eigenvalue weighted by Crippen LogP contribution is -2.37. The molecule has 1 atom stereocenters. The third-order valence-corrected chi connectivity index (χ3v) is 6.77. The summed E-state index contributed by atoms with van der Waals surface area (Å²) in [5.74, 6) is 0.450. The smallest absolute Gasteiger partial charge is 0.317 e. The van der Waals surface area contributed by atoms with Crippen LogP contribution in [0.4, 0.5) is 0 Å². The number of aromatic nitrogens is 4. The van der Waals surface area contributed by atoms with Crippen molar-refractivity contribution < 1.29 is 14.3 Å². The molecule has 8 nitrogen and oxygen atoms in total. The van der Waals surface area contributed by atoms with E-state index >= 15 is 0 Å². The Balaban J connectivity index is 1.50. The summed E-state index contributed by atoms with van der Waals surface area (Å²) in [5, 5.41) is 8.67. The molecule has 0 bridgehead atoms. The molecular weight excluding hydrogens is 454 g/mol. The molecule has 34 heavy (non-hydrogen) atoms. The van der Waals surface area contributed by atoms with Gasteiger partial charge in [0.15, 0.2) is 0 Å².